The smallest absolute Gasteiger partial charge is 0.336 e. The number of fused-ring (bicyclic) bond motifs is 3. The van der Waals surface area contributed by atoms with Crippen molar-refractivity contribution in [1.29, 1.82) is 0 Å². The molecule has 0 N–H and O–H groups in total. The van der Waals surface area contributed by atoms with E-state index >= 15 is 0 Å². The maximum absolute atomic E-state index is 12.5. The van der Waals surface area contributed by atoms with Crippen molar-refractivity contribution in [3.8, 4) is 17.2 Å². The molecule has 0 spiro atoms. The van der Waals surface area contributed by atoms with Crippen LogP contribution in [0.5, 0.6) is 17.2 Å². The predicted molar refractivity (Wildman–Crippen MR) is 159 cm³/mol. The first-order valence-corrected chi connectivity index (χ1v) is 13.8. The second-order valence-electron chi connectivity index (χ2n) is 12.4. The summed E-state index contributed by atoms with van der Waals surface area (Å²) in [4.78, 5) is 24.6. The minimum absolute atomic E-state index is 0.107. The molecule has 0 radical (unpaired) electrons. The van der Waals surface area contributed by atoms with Gasteiger partial charge in [0.25, 0.3) is 0 Å². The van der Waals surface area contributed by atoms with Crippen molar-refractivity contribution < 1.29 is 23.0 Å². The average molecular weight is 555 g/mol. The number of hydrogen-bond donors (Lipinski definition) is 0. The van der Waals surface area contributed by atoms with Crippen molar-refractivity contribution in [1.82, 2.24) is 0 Å². The van der Waals surface area contributed by atoms with Gasteiger partial charge in [0.05, 0.1) is 18.1 Å². The predicted octanol–water partition coefficient (Wildman–Crippen LogP) is 7.27. The minimum atomic E-state index is -0.747. The topological polar surface area (TPSA) is 88.1 Å². The molecule has 7 heteroatoms. The quantitative estimate of drug-likeness (QED) is 0.189. The average Bonchev–Trinajstić information content (AvgIpc) is 2.90. The van der Waals surface area contributed by atoms with Gasteiger partial charge in [0.15, 0.2) is 0 Å². The molecule has 0 amide bonds. The molecule has 0 aliphatic carbocycles. The van der Waals surface area contributed by atoms with Crippen LogP contribution in [-0.4, -0.2) is 18.3 Å². The molecule has 2 aromatic heterocycles. The molecule has 41 heavy (non-hydrogen) atoms. The molecule has 0 saturated carbocycles. The van der Waals surface area contributed by atoms with Crippen LogP contribution in [-0.2, 0) is 5.41 Å². The van der Waals surface area contributed by atoms with Gasteiger partial charge in [-0.15, -0.1) is 6.58 Å². The van der Waals surface area contributed by atoms with Crippen molar-refractivity contribution in [2.45, 2.75) is 70.0 Å². The van der Waals surface area contributed by atoms with Gasteiger partial charge >= 0.3 is 11.3 Å². The van der Waals surface area contributed by atoms with E-state index in [2.05, 4.69) is 20.4 Å². The maximum atomic E-state index is 12.5. The van der Waals surface area contributed by atoms with Gasteiger partial charge in [-0.1, -0.05) is 19.9 Å². The highest BCUT2D eigenvalue weighted by molar-refractivity contribution is 5.93. The van der Waals surface area contributed by atoms with E-state index in [1.165, 1.54) is 12.1 Å². The Morgan fingerprint density at radius 2 is 1.61 bits per heavy atom. The Morgan fingerprint density at radius 1 is 0.927 bits per heavy atom. The third-order valence-corrected chi connectivity index (χ3v) is 8.30. The Hall–Kier alpha value is -4.26. The molecule has 0 saturated heterocycles. The van der Waals surface area contributed by atoms with Crippen LogP contribution in [0, 0.1) is 0 Å². The summed E-state index contributed by atoms with van der Waals surface area (Å²) < 4.78 is 30.6. The van der Waals surface area contributed by atoms with E-state index in [-0.39, 0.29) is 5.92 Å². The molecule has 4 aromatic rings. The lowest BCUT2D eigenvalue weighted by atomic mass is 9.72. The van der Waals surface area contributed by atoms with Gasteiger partial charge in [0.2, 0.25) is 0 Å². The SMILES string of the molecule is C=CC(C)(C)c1c2c3c(c4ccc(=O)oc14)OC(C)(/C=C/c1c(OC)ccc4ccc(=O)oc14)CC3CC(C)(C)O2. The molecule has 7 nitrogen and oxygen atoms in total. The molecule has 2 aliphatic rings. The van der Waals surface area contributed by atoms with Crippen LogP contribution in [0.15, 0.2) is 73.6 Å². The number of benzene rings is 2. The molecule has 2 aromatic carbocycles. The molecule has 4 heterocycles. The Labute approximate surface area is 238 Å². The summed E-state index contributed by atoms with van der Waals surface area (Å²) in [6.45, 7) is 14.3. The van der Waals surface area contributed by atoms with E-state index < -0.39 is 27.9 Å². The summed E-state index contributed by atoms with van der Waals surface area (Å²) in [5, 5.41) is 1.51. The molecule has 0 bridgehead atoms. The number of rotatable bonds is 5. The second-order valence-corrected chi connectivity index (χ2v) is 12.4. The van der Waals surface area contributed by atoms with E-state index in [0.717, 1.165) is 28.3 Å². The standard InChI is InChI=1S/C34H34O7/c1-8-32(2,3)27-30-22(11-14-25(36)39-30)29-26-20(17-33(4,5)40-31(26)27)18-34(6,41-29)16-15-21-23(37-7)12-9-19-10-13-24(35)38-28(19)21/h8-16,20H,1,17-18H2,2-7H3/b16-15+. The van der Waals surface area contributed by atoms with Gasteiger partial charge < -0.3 is 23.0 Å². The first-order chi connectivity index (χ1) is 19.3. The number of hydrogen-bond acceptors (Lipinski definition) is 7. The largest absolute Gasteiger partial charge is 0.496 e. The molecule has 2 unspecified atom stereocenters. The van der Waals surface area contributed by atoms with E-state index in [4.69, 9.17) is 23.0 Å². The maximum Gasteiger partial charge on any atom is 0.336 e. The van der Waals surface area contributed by atoms with Gasteiger partial charge in [-0.25, -0.2) is 9.59 Å². The molecule has 212 valence electrons. The zero-order chi connectivity index (χ0) is 29.3. The lowest BCUT2D eigenvalue weighted by molar-refractivity contribution is 0.0319. The molecule has 2 atom stereocenters. The van der Waals surface area contributed by atoms with Crippen molar-refractivity contribution in [3.63, 3.8) is 0 Å². The van der Waals surface area contributed by atoms with Crippen molar-refractivity contribution in [2.24, 2.45) is 0 Å². The van der Waals surface area contributed by atoms with Gasteiger partial charge in [0, 0.05) is 34.1 Å². The van der Waals surface area contributed by atoms with Crippen LogP contribution in [0.4, 0.5) is 0 Å². The first-order valence-electron chi connectivity index (χ1n) is 13.8. The highest BCUT2D eigenvalue weighted by atomic mass is 16.5. The van der Waals surface area contributed by atoms with Crippen LogP contribution in [0.2, 0.25) is 0 Å². The van der Waals surface area contributed by atoms with Crippen molar-refractivity contribution in [2.75, 3.05) is 7.11 Å². The normalized spacial score (nSPS) is 21.4. The first kappa shape index (κ1) is 26.9. The van der Waals surface area contributed by atoms with Crippen LogP contribution >= 0.6 is 0 Å². The lowest BCUT2D eigenvalue weighted by Gasteiger charge is -2.47. The van der Waals surface area contributed by atoms with E-state index in [9.17, 15) is 9.59 Å². The molecule has 6 rings (SSSR count). The van der Waals surface area contributed by atoms with Crippen LogP contribution < -0.4 is 25.5 Å². The van der Waals surface area contributed by atoms with Crippen LogP contribution in [0.3, 0.4) is 0 Å². The highest BCUT2D eigenvalue weighted by Crippen LogP contribution is 2.58. The Bertz CT molecular complexity index is 1870. The van der Waals surface area contributed by atoms with E-state index in [1.54, 1.807) is 19.2 Å². The fourth-order valence-electron chi connectivity index (χ4n) is 6.33. The summed E-state index contributed by atoms with van der Waals surface area (Å²) in [5.41, 5.74) is 0.725. The van der Waals surface area contributed by atoms with Crippen LogP contribution in [0.1, 0.15) is 70.1 Å². The molecule has 0 fully saturated rings. The zero-order valence-corrected chi connectivity index (χ0v) is 24.3. The Kier molecular flexibility index (Phi) is 6.00. The van der Waals surface area contributed by atoms with E-state index in [1.807, 2.05) is 51.1 Å². The fraction of sp³-hybridized carbons (Fsp3) is 0.353. The zero-order valence-electron chi connectivity index (χ0n) is 24.3. The van der Waals surface area contributed by atoms with Crippen molar-refractivity contribution in [3.05, 3.63) is 92.7 Å². The number of allylic oxidation sites excluding steroid dienone is 1. The van der Waals surface area contributed by atoms with Crippen molar-refractivity contribution >= 4 is 28.0 Å². The third-order valence-electron chi connectivity index (χ3n) is 8.30. The second kappa shape index (κ2) is 9.13. The molecular formula is C34H34O7. The Balaban J connectivity index is 1.57. The fourth-order valence-corrected chi connectivity index (χ4v) is 6.33. The summed E-state index contributed by atoms with van der Waals surface area (Å²) in [5.74, 6) is 2.05. The summed E-state index contributed by atoms with van der Waals surface area (Å²) >= 11 is 0. The monoisotopic (exact) mass is 554 g/mol. The third kappa shape index (κ3) is 4.44. The Morgan fingerprint density at radius 3 is 2.32 bits per heavy atom. The van der Waals surface area contributed by atoms with Gasteiger partial charge in [-0.3, -0.25) is 0 Å². The van der Waals surface area contributed by atoms with E-state index in [0.29, 0.717) is 40.4 Å². The highest BCUT2D eigenvalue weighted by Gasteiger charge is 2.47. The number of methoxy groups -OCH3 is 1. The minimum Gasteiger partial charge on any atom is -0.496 e. The van der Waals surface area contributed by atoms with Crippen LogP contribution in [0.25, 0.3) is 28.0 Å². The van der Waals surface area contributed by atoms with Gasteiger partial charge in [0.1, 0.15) is 39.6 Å². The molecular weight excluding hydrogens is 520 g/mol. The lowest BCUT2D eigenvalue weighted by Crippen LogP contribution is -2.43. The molecule has 2 aliphatic heterocycles. The summed E-state index contributed by atoms with van der Waals surface area (Å²) in [7, 11) is 1.59. The summed E-state index contributed by atoms with van der Waals surface area (Å²) in [6, 6.07) is 10.0. The van der Waals surface area contributed by atoms with Gasteiger partial charge in [-0.2, -0.15) is 0 Å². The summed E-state index contributed by atoms with van der Waals surface area (Å²) in [6.07, 6.45) is 7.21. The number of ether oxygens (including phenoxy) is 3. The van der Waals surface area contributed by atoms with Gasteiger partial charge in [-0.05, 0) is 75.9 Å².